The molecule has 0 radical (unpaired) electrons. The van der Waals surface area contributed by atoms with Gasteiger partial charge in [-0.1, -0.05) is 6.92 Å². The van der Waals surface area contributed by atoms with E-state index < -0.39 is 27.3 Å². The molecular weight excluding hydrogens is 329 g/mol. The number of ether oxygens (including phenoxy) is 2. The summed E-state index contributed by atoms with van der Waals surface area (Å²) in [6, 6.07) is 1.05. The predicted octanol–water partition coefficient (Wildman–Crippen LogP) is 2.16. The van der Waals surface area contributed by atoms with Crippen molar-refractivity contribution in [1.29, 1.82) is 0 Å². The van der Waals surface area contributed by atoms with Crippen LogP contribution in [0.5, 0.6) is 11.5 Å². The predicted molar refractivity (Wildman–Crippen MR) is 67.1 cm³/mol. The lowest BCUT2D eigenvalue weighted by Gasteiger charge is -2.16. The van der Waals surface area contributed by atoms with Gasteiger partial charge < -0.3 is 13.7 Å². The van der Waals surface area contributed by atoms with Crippen molar-refractivity contribution in [3.05, 3.63) is 22.8 Å². The number of carbonyl (C=O) groups excluding carboxylic acids is 1. The first-order valence-electron chi connectivity index (χ1n) is 6.03. The summed E-state index contributed by atoms with van der Waals surface area (Å²) >= 11 is 0. The lowest BCUT2D eigenvalue weighted by atomic mass is 10.0. The highest BCUT2D eigenvalue weighted by Gasteiger charge is 2.49. The van der Waals surface area contributed by atoms with Crippen molar-refractivity contribution in [1.82, 2.24) is 0 Å². The van der Waals surface area contributed by atoms with E-state index in [1.165, 1.54) is 7.11 Å². The largest absolute Gasteiger partial charge is 0.534 e. The van der Waals surface area contributed by atoms with Gasteiger partial charge in [0.15, 0.2) is 0 Å². The number of cyclic esters (lactones) is 1. The zero-order chi connectivity index (χ0) is 16.7. The fraction of sp³-hybridized carbons (Fsp3) is 0.417. The second-order valence-corrected chi connectivity index (χ2v) is 5.87. The minimum atomic E-state index is -5.82. The molecule has 1 heterocycles. The number of halogens is 3. The summed E-state index contributed by atoms with van der Waals surface area (Å²) in [5, 5.41) is 0. The van der Waals surface area contributed by atoms with Crippen LogP contribution in [0.15, 0.2) is 6.07 Å². The molecule has 122 valence electrons. The van der Waals surface area contributed by atoms with Crippen LogP contribution in [-0.4, -0.2) is 27.0 Å². The Morgan fingerprint density at radius 3 is 2.50 bits per heavy atom. The van der Waals surface area contributed by atoms with E-state index >= 15 is 0 Å². The molecule has 0 bridgehead atoms. The number of esters is 1. The summed E-state index contributed by atoms with van der Waals surface area (Å²) in [4.78, 5) is 11.6. The molecule has 22 heavy (non-hydrogen) atoms. The molecule has 0 amide bonds. The zero-order valence-electron chi connectivity index (χ0n) is 11.5. The highest BCUT2D eigenvalue weighted by Crippen LogP contribution is 2.40. The van der Waals surface area contributed by atoms with Gasteiger partial charge in [-0.3, -0.25) is 0 Å². The molecule has 0 fully saturated rings. The number of hydrogen-bond acceptors (Lipinski definition) is 6. The maximum Gasteiger partial charge on any atom is 0.534 e. The maximum atomic E-state index is 12.5. The third-order valence-corrected chi connectivity index (χ3v) is 3.99. The normalized spacial score (nSPS) is 14.5. The third kappa shape index (κ3) is 2.58. The lowest BCUT2D eigenvalue weighted by molar-refractivity contribution is -0.0500. The molecule has 0 aromatic heterocycles. The molecule has 0 aliphatic carbocycles. The second kappa shape index (κ2) is 5.34. The number of carbonyl (C=O) groups is 1. The highest BCUT2D eigenvalue weighted by atomic mass is 32.2. The molecule has 1 aromatic rings. The summed E-state index contributed by atoms with van der Waals surface area (Å²) in [6.45, 7) is 1.36. The van der Waals surface area contributed by atoms with Crippen LogP contribution in [0, 0.1) is 0 Å². The molecule has 1 aromatic carbocycles. The monoisotopic (exact) mass is 340 g/mol. The van der Waals surface area contributed by atoms with Crippen molar-refractivity contribution in [3.63, 3.8) is 0 Å². The Morgan fingerprint density at radius 2 is 2.00 bits per heavy atom. The van der Waals surface area contributed by atoms with E-state index in [0.717, 1.165) is 6.07 Å². The van der Waals surface area contributed by atoms with Gasteiger partial charge in [-0.15, -0.1) is 0 Å². The van der Waals surface area contributed by atoms with Gasteiger partial charge in [-0.25, -0.2) is 4.79 Å². The summed E-state index contributed by atoms with van der Waals surface area (Å²) < 4.78 is 73.7. The van der Waals surface area contributed by atoms with Gasteiger partial charge in [0.25, 0.3) is 0 Å². The minimum absolute atomic E-state index is 0.0351. The van der Waals surface area contributed by atoms with Crippen LogP contribution in [0.3, 0.4) is 0 Å². The summed E-state index contributed by atoms with van der Waals surface area (Å²) in [5.41, 5.74) is -5.26. The Labute approximate surface area is 123 Å². The molecule has 1 aliphatic rings. The molecule has 0 spiro atoms. The molecule has 0 unspecified atom stereocenters. The van der Waals surface area contributed by atoms with Crippen molar-refractivity contribution in [3.8, 4) is 11.5 Å². The van der Waals surface area contributed by atoms with Gasteiger partial charge in [0, 0.05) is 11.1 Å². The lowest BCUT2D eigenvalue weighted by Crippen LogP contribution is -2.28. The number of fused-ring (bicyclic) bond motifs is 1. The van der Waals surface area contributed by atoms with Crippen LogP contribution in [-0.2, 0) is 27.9 Å². The maximum absolute atomic E-state index is 12.5. The molecule has 0 saturated carbocycles. The molecule has 0 atom stereocenters. The van der Waals surface area contributed by atoms with Crippen LogP contribution in [0.1, 0.15) is 28.4 Å². The van der Waals surface area contributed by atoms with E-state index in [9.17, 15) is 26.4 Å². The number of methoxy groups -OCH3 is 1. The van der Waals surface area contributed by atoms with Gasteiger partial charge in [-0.05, 0) is 12.5 Å². The Balaban J connectivity index is 2.61. The van der Waals surface area contributed by atoms with Crippen molar-refractivity contribution in [2.24, 2.45) is 0 Å². The fourth-order valence-corrected chi connectivity index (χ4v) is 2.56. The number of alkyl halides is 3. The molecule has 1 aliphatic heterocycles. The van der Waals surface area contributed by atoms with Gasteiger partial charge in [-0.2, -0.15) is 21.6 Å². The van der Waals surface area contributed by atoms with Gasteiger partial charge >= 0.3 is 21.6 Å². The smallest absolute Gasteiger partial charge is 0.495 e. The van der Waals surface area contributed by atoms with E-state index in [1.807, 2.05) is 0 Å². The van der Waals surface area contributed by atoms with Crippen molar-refractivity contribution in [2.75, 3.05) is 7.11 Å². The van der Waals surface area contributed by atoms with Crippen LogP contribution in [0.2, 0.25) is 0 Å². The zero-order valence-corrected chi connectivity index (χ0v) is 12.3. The standard InChI is InChI=1S/C12H11F3O6S/c1-3-7-8(21-22(17,18)12(13,14)15)4-6-5-20-11(16)9(6)10(7)19-2/h4H,3,5H2,1-2H3. The molecule has 6 nitrogen and oxygen atoms in total. The van der Waals surface area contributed by atoms with Crippen molar-refractivity contribution in [2.45, 2.75) is 25.5 Å². The third-order valence-electron chi connectivity index (χ3n) is 3.03. The van der Waals surface area contributed by atoms with E-state index in [2.05, 4.69) is 4.18 Å². The first kappa shape index (κ1) is 16.4. The highest BCUT2D eigenvalue weighted by molar-refractivity contribution is 7.88. The van der Waals surface area contributed by atoms with Crippen LogP contribution < -0.4 is 8.92 Å². The summed E-state index contributed by atoms with van der Waals surface area (Å²) in [6.07, 6.45) is 0.0897. The van der Waals surface area contributed by atoms with E-state index in [-0.39, 0.29) is 35.5 Å². The number of benzene rings is 1. The van der Waals surface area contributed by atoms with Gasteiger partial charge in [0.2, 0.25) is 0 Å². The molecule has 10 heteroatoms. The van der Waals surface area contributed by atoms with E-state index in [4.69, 9.17) is 9.47 Å². The molecule has 2 rings (SSSR count). The Morgan fingerprint density at radius 1 is 1.36 bits per heavy atom. The fourth-order valence-electron chi connectivity index (χ4n) is 2.08. The van der Waals surface area contributed by atoms with Crippen LogP contribution in [0.4, 0.5) is 13.2 Å². The first-order chi connectivity index (χ1) is 10.1. The summed E-state index contributed by atoms with van der Waals surface area (Å²) in [7, 11) is -4.61. The Kier molecular flexibility index (Phi) is 3.98. The van der Waals surface area contributed by atoms with Crippen LogP contribution >= 0.6 is 0 Å². The number of rotatable bonds is 4. The van der Waals surface area contributed by atoms with Crippen LogP contribution in [0.25, 0.3) is 0 Å². The first-order valence-corrected chi connectivity index (χ1v) is 7.43. The summed E-state index contributed by atoms with van der Waals surface area (Å²) in [5.74, 6) is -1.27. The Hall–Kier alpha value is -1.97. The topological polar surface area (TPSA) is 78.9 Å². The SMILES string of the molecule is CCc1c(OS(=O)(=O)C(F)(F)F)cc2c(c1OC)C(=O)OC2. The molecular formula is C12H11F3O6S. The average Bonchev–Trinajstić information content (AvgIpc) is 2.76. The van der Waals surface area contributed by atoms with Crippen molar-refractivity contribution >= 4 is 16.1 Å². The number of hydrogen-bond donors (Lipinski definition) is 0. The Bertz CT molecular complexity index is 723. The minimum Gasteiger partial charge on any atom is -0.495 e. The van der Waals surface area contributed by atoms with E-state index in [0.29, 0.717) is 0 Å². The molecule has 0 saturated heterocycles. The van der Waals surface area contributed by atoms with E-state index in [1.54, 1.807) is 6.92 Å². The second-order valence-electron chi connectivity index (χ2n) is 4.33. The molecule has 0 N–H and O–H groups in total. The quantitative estimate of drug-likeness (QED) is 0.475. The average molecular weight is 340 g/mol. The van der Waals surface area contributed by atoms with Gasteiger partial charge in [0.1, 0.15) is 23.7 Å². The van der Waals surface area contributed by atoms with Gasteiger partial charge in [0.05, 0.1) is 7.11 Å². The van der Waals surface area contributed by atoms with Crippen molar-refractivity contribution < 1.29 is 40.0 Å².